The zero-order valence-corrected chi connectivity index (χ0v) is 15.6. The Morgan fingerprint density at radius 2 is 1.88 bits per heavy atom. The molecule has 134 valence electrons. The van der Waals surface area contributed by atoms with Gasteiger partial charge in [0, 0.05) is 31.0 Å². The molecule has 0 radical (unpaired) electrons. The summed E-state index contributed by atoms with van der Waals surface area (Å²) in [6.45, 7) is 1.93. The van der Waals surface area contributed by atoms with Crippen LogP contribution in [0.3, 0.4) is 0 Å². The van der Waals surface area contributed by atoms with Crippen LogP contribution in [0, 0.1) is 0 Å². The Balaban J connectivity index is 1.62. The van der Waals surface area contributed by atoms with Crippen molar-refractivity contribution in [1.29, 1.82) is 0 Å². The fourth-order valence-corrected chi connectivity index (χ4v) is 3.95. The third-order valence-corrected chi connectivity index (χ3v) is 5.76. The number of hydrogen-bond donors (Lipinski definition) is 1. The number of carbonyl (C=O) groups excluding carboxylic acids is 1. The van der Waals surface area contributed by atoms with Crippen LogP contribution in [0.4, 0.5) is 0 Å². The number of nitrogens with one attached hydrogen (secondary N) is 1. The third kappa shape index (κ3) is 4.60. The van der Waals surface area contributed by atoms with Crippen LogP contribution in [0.15, 0.2) is 29.7 Å². The number of thioether (sulfide) groups is 1. The van der Waals surface area contributed by atoms with Crippen LogP contribution < -0.4 is 5.32 Å². The van der Waals surface area contributed by atoms with Gasteiger partial charge in [-0.1, -0.05) is 37.4 Å². The highest BCUT2D eigenvalue weighted by atomic mass is 32.2. The van der Waals surface area contributed by atoms with Gasteiger partial charge in [0.15, 0.2) is 11.0 Å². The van der Waals surface area contributed by atoms with Crippen LogP contribution in [-0.2, 0) is 11.8 Å². The molecule has 0 spiro atoms. The molecule has 0 saturated heterocycles. The van der Waals surface area contributed by atoms with Crippen LogP contribution in [-0.4, -0.2) is 36.9 Å². The molecule has 0 bridgehead atoms. The van der Waals surface area contributed by atoms with Crippen molar-refractivity contribution in [2.45, 2.75) is 61.9 Å². The molecule has 1 saturated carbocycles. The maximum Gasteiger partial charge on any atom is 0.233 e. The largest absolute Gasteiger partial charge is 0.352 e. The van der Waals surface area contributed by atoms with E-state index in [2.05, 4.69) is 20.5 Å². The lowest BCUT2D eigenvalue weighted by atomic mass is 10.1. The Labute approximate surface area is 152 Å². The molecule has 3 rings (SSSR count). The first-order chi connectivity index (χ1) is 12.1. The van der Waals surface area contributed by atoms with E-state index in [9.17, 15) is 4.79 Å². The summed E-state index contributed by atoms with van der Waals surface area (Å²) < 4.78 is 1.93. The van der Waals surface area contributed by atoms with Gasteiger partial charge in [-0.3, -0.25) is 9.78 Å². The Kier molecular flexibility index (Phi) is 6.07. The van der Waals surface area contributed by atoms with Crippen molar-refractivity contribution in [1.82, 2.24) is 25.1 Å². The van der Waals surface area contributed by atoms with Crippen molar-refractivity contribution >= 4 is 17.7 Å². The molecule has 2 heterocycles. The average Bonchev–Trinajstić information content (AvgIpc) is 2.83. The van der Waals surface area contributed by atoms with E-state index in [1.165, 1.54) is 37.4 Å². The second-order valence-electron chi connectivity index (χ2n) is 6.56. The van der Waals surface area contributed by atoms with Gasteiger partial charge in [0.05, 0.1) is 5.25 Å². The SMILES string of the molecule is C[C@H](Sc1nnc(-c2ccncc2)n1C)C(=O)NC1CCCCCC1. The van der Waals surface area contributed by atoms with Gasteiger partial charge in [-0.05, 0) is 31.9 Å². The van der Waals surface area contributed by atoms with Gasteiger partial charge in [0.1, 0.15) is 0 Å². The molecule has 0 aromatic carbocycles. The molecule has 2 aromatic heterocycles. The van der Waals surface area contributed by atoms with Gasteiger partial charge >= 0.3 is 0 Å². The predicted molar refractivity (Wildman–Crippen MR) is 99.2 cm³/mol. The number of amides is 1. The summed E-state index contributed by atoms with van der Waals surface area (Å²) in [4.78, 5) is 16.5. The average molecular weight is 359 g/mol. The normalized spacial score (nSPS) is 17.0. The van der Waals surface area contributed by atoms with Crippen molar-refractivity contribution in [2.24, 2.45) is 7.05 Å². The minimum Gasteiger partial charge on any atom is -0.352 e. The van der Waals surface area contributed by atoms with Crippen LogP contribution in [0.5, 0.6) is 0 Å². The second kappa shape index (κ2) is 8.47. The summed E-state index contributed by atoms with van der Waals surface area (Å²) in [6.07, 6.45) is 10.7. The highest BCUT2D eigenvalue weighted by molar-refractivity contribution is 8.00. The Morgan fingerprint density at radius 3 is 2.56 bits per heavy atom. The van der Waals surface area contributed by atoms with Crippen LogP contribution >= 0.6 is 11.8 Å². The molecule has 1 N–H and O–H groups in total. The summed E-state index contributed by atoms with van der Waals surface area (Å²) in [5.41, 5.74) is 0.965. The van der Waals surface area contributed by atoms with E-state index in [4.69, 9.17) is 0 Å². The van der Waals surface area contributed by atoms with E-state index in [1.807, 2.05) is 30.7 Å². The molecule has 2 aromatic rings. The summed E-state index contributed by atoms with van der Waals surface area (Å²) in [5, 5.41) is 12.3. The van der Waals surface area contributed by atoms with Gasteiger partial charge in [-0.15, -0.1) is 10.2 Å². The third-order valence-electron chi connectivity index (χ3n) is 4.63. The Morgan fingerprint density at radius 1 is 1.20 bits per heavy atom. The molecular weight excluding hydrogens is 334 g/mol. The maximum absolute atomic E-state index is 12.5. The zero-order chi connectivity index (χ0) is 17.6. The molecule has 25 heavy (non-hydrogen) atoms. The Hall–Kier alpha value is -1.89. The number of carbonyl (C=O) groups is 1. The molecule has 0 aliphatic heterocycles. The molecule has 0 unspecified atom stereocenters. The summed E-state index contributed by atoms with van der Waals surface area (Å²) in [7, 11) is 1.92. The molecule has 7 heteroatoms. The highest BCUT2D eigenvalue weighted by Crippen LogP contribution is 2.26. The van der Waals surface area contributed by atoms with Gasteiger partial charge < -0.3 is 9.88 Å². The van der Waals surface area contributed by atoms with Crippen LogP contribution in [0.1, 0.15) is 45.4 Å². The van der Waals surface area contributed by atoms with Crippen molar-refractivity contribution in [2.75, 3.05) is 0 Å². The summed E-state index contributed by atoms with van der Waals surface area (Å²) in [6, 6.07) is 4.13. The van der Waals surface area contributed by atoms with Crippen molar-refractivity contribution in [3.63, 3.8) is 0 Å². The van der Waals surface area contributed by atoms with Crippen molar-refractivity contribution < 1.29 is 4.79 Å². The van der Waals surface area contributed by atoms with Crippen LogP contribution in [0.2, 0.25) is 0 Å². The number of pyridine rings is 1. The molecule has 6 nitrogen and oxygen atoms in total. The van der Waals surface area contributed by atoms with E-state index in [0.717, 1.165) is 29.4 Å². The van der Waals surface area contributed by atoms with E-state index in [1.54, 1.807) is 12.4 Å². The lowest BCUT2D eigenvalue weighted by molar-refractivity contribution is -0.121. The smallest absolute Gasteiger partial charge is 0.233 e. The minimum absolute atomic E-state index is 0.0883. The molecule has 1 aliphatic rings. The standard InChI is InChI=1S/C18H25N5OS/c1-13(17(24)20-15-7-5-3-4-6-8-15)25-18-22-21-16(23(18)2)14-9-11-19-12-10-14/h9-13,15H,3-8H2,1-2H3,(H,20,24)/t13-/m0/s1. The molecule has 1 atom stereocenters. The lowest BCUT2D eigenvalue weighted by Gasteiger charge is -2.19. The fourth-order valence-electron chi connectivity index (χ4n) is 3.12. The maximum atomic E-state index is 12.5. The Bertz CT molecular complexity index is 695. The number of nitrogens with zero attached hydrogens (tertiary/aromatic N) is 4. The van der Waals surface area contributed by atoms with Crippen LogP contribution in [0.25, 0.3) is 11.4 Å². The fraction of sp³-hybridized carbons (Fsp3) is 0.556. The van der Waals surface area contributed by atoms with Crippen molar-refractivity contribution in [3.05, 3.63) is 24.5 Å². The molecular formula is C18H25N5OS. The van der Waals surface area contributed by atoms with E-state index < -0.39 is 0 Å². The van der Waals surface area contributed by atoms with Gasteiger partial charge in [-0.2, -0.15) is 0 Å². The monoisotopic (exact) mass is 359 g/mol. The number of hydrogen-bond acceptors (Lipinski definition) is 5. The number of aromatic nitrogens is 4. The predicted octanol–water partition coefficient (Wildman–Crippen LogP) is 3.20. The molecule has 1 aliphatic carbocycles. The van der Waals surface area contributed by atoms with E-state index in [0.29, 0.717) is 6.04 Å². The summed E-state index contributed by atoms with van der Waals surface area (Å²) in [5.74, 6) is 0.867. The van der Waals surface area contributed by atoms with Crippen molar-refractivity contribution in [3.8, 4) is 11.4 Å². The molecule has 1 fully saturated rings. The minimum atomic E-state index is -0.198. The molecule has 1 amide bonds. The topological polar surface area (TPSA) is 72.7 Å². The highest BCUT2D eigenvalue weighted by Gasteiger charge is 2.22. The first-order valence-electron chi connectivity index (χ1n) is 8.92. The van der Waals surface area contributed by atoms with Gasteiger partial charge in [-0.25, -0.2) is 0 Å². The van der Waals surface area contributed by atoms with Gasteiger partial charge in [0.25, 0.3) is 0 Å². The quantitative estimate of drug-likeness (QED) is 0.655. The van der Waals surface area contributed by atoms with E-state index in [-0.39, 0.29) is 11.2 Å². The lowest BCUT2D eigenvalue weighted by Crippen LogP contribution is -2.39. The first-order valence-corrected chi connectivity index (χ1v) is 9.80. The second-order valence-corrected chi connectivity index (χ2v) is 7.87. The first kappa shape index (κ1) is 17.9. The zero-order valence-electron chi connectivity index (χ0n) is 14.8. The summed E-state index contributed by atoms with van der Waals surface area (Å²) >= 11 is 1.45. The van der Waals surface area contributed by atoms with Gasteiger partial charge in [0.2, 0.25) is 5.91 Å². The van der Waals surface area contributed by atoms with E-state index >= 15 is 0 Å². The number of rotatable bonds is 5.